The van der Waals surface area contributed by atoms with Crippen LogP contribution in [0.2, 0.25) is 0 Å². The molecule has 0 aromatic heterocycles. The molecule has 0 heterocycles. The highest BCUT2D eigenvalue weighted by Crippen LogP contribution is 2.14. The summed E-state index contributed by atoms with van der Waals surface area (Å²) in [6, 6.07) is 0. The highest BCUT2D eigenvalue weighted by Gasteiger charge is 2.37. The van der Waals surface area contributed by atoms with E-state index in [1.807, 2.05) is 27.7 Å². The predicted octanol–water partition coefficient (Wildman–Crippen LogP) is 8.55. The first-order valence-electron chi connectivity index (χ1n) is 14.2. The maximum absolute atomic E-state index is 12.0. The van der Waals surface area contributed by atoms with Crippen LogP contribution in [-0.2, 0) is 20.9 Å². The lowest BCUT2D eigenvalue weighted by Gasteiger charge is -2.18. The average Bonchev–Trinajstić information content (AvgIpc) is 2.74. The van der Waals surface area contributed by atoms with Crippen molar-refractivity contribution >= 4 is 21.1 Å². The Bertz CT molecular complexity index is 483. The molecule has 5 nitrogen and oxygen atoms in total. The molecule has 0 aromatic carbocycles. The summed E-state index contributed by atoms with van der Waals surface area (Å²) in [5.74, 6) is 0.121. The van der Waals surface area contributed by atoms with Crippen LogP contribution in [0.5, 0.6) is 0 Å². The molecule has 6 heteroatoms. The summed E-state index contributed by atoms with van der Waals surface area (Å²) in [7, 11) is 0. The minimum atomic E-state index is -2.31. The van der Waals surface area contributed by atoms with E-state index in [2.05, 4.69) is 6.92 Å². The van der Waals surface area contributed by atoms with Crippen molar-refractivity contribution in [3.8, 4) is 0 Å². The van der Waals surface area contributed by atoms with Crippen molar-refractivity contribution in [2.24, 2.45) is 0 Å². The molecule has 0 aliphatic heterocycles. The van der Waals surface area contributed by atoms with Gasteiger partial charge in [-0.15, -0.1) is 0 Å². The number of hydrogen-bond donors (Lipinski definition) is 0. The van der Waals surface area contributed by atoms with E-state index < -0.39 is 15.1 Å². The Hall–Kier alpha value is -0.538. The molecule has 0 spiro atoms. The molecular formula is C28H55AlO5. The van der Waals surface area contributed by atoms with Crippen LogP contribution in [0.25, 0.3) is 0 Å². The number of ether oxygens (including phenoxy) is 1. The fourth-order valence-corrected chi connectivity index (χ4v) is 5.18. The van der Waals surface area contributed by atoms with Crippen molar-refractivity contribution in [3.05, 3.63) is 11.8 Å². The lowest BCUT2D eigenvalue weighted by Crippen LogP contribution is -2.32. The average molecular weight is 499 g/mol. The van der Waals surface area contributed by atoms with Crippen LogP contribution < -0.4 is 0 Å². The number of carbonyl (C=O) groups is 1. The quantitative estimate of drug-likeness (QED) is 0.0439. The number of allylic oxidation sites excluding steroid dienone is 1. The van der Waals surface area contributed by atoms with E-state index in [1.54, 1.807) is 6.92 Å². The summed E-state index contributed by atoms with van der Waals surface area (Å²) in [4.78, 5) is 12.0. The van der Waals surface area contributed by atoms with Crippen LogP contribution in [0.4, 0.5) is 0 Å². The van der Waals surface area contributed by atoms with E-state index in [9.17, 15) is 4.79 Å². The van der Waals surface area contributed by atoms with Gasteiger partial charge in [-0.1, -0.05) is 103 Å². The molecule has 0 fully saturated rings. The largest absolute Gasteiger partial charge is 1.00 e. The van der Waals surface area contributed by atoms with Crippen LogP contribution in [-0.4, -0.2) is 39.9 Å². The molecule has 0 radical (unpaired) electrons. The van der Waals surface area contributed by atoms with E-state index >= 15 is 0 Å². The second-order valence-corrected chi connectivity index (χ2v) is 11.4. The second kappa shape index (κ2) is 24.2. The molecule has 0 unspecified atom stereocenters. The molecule has 0 amide bonds. The van der Waals surface area contributed by atoms with E-state index in [1.165, 1.54) is 96.0 Å². The lowest BCUT2D eigenvalue weighted by atomic mass is 10.0. The van der Waals surface area contributed by atoms with E-state index in [0.717, 1.165) is 12.8 Å². The fourth-order valence-electron chi connectivity index (χ4n) is 3.75. The van der Waals surface area contributed by atoms with Gasteiger partial charge in [0, 0.05) is 12.2 Å². The van der Waals surface area contributed by atoms with Gasteiger partial charge in [0.15, 0.2) is 0 Å². The van der Waals surface area contributed by atoms with Crippen molar-refractivity contribution in [2.45, 2.75) is 156 Å². The van der Waals surface area contributed by atoms with Crippen molar-refractivity contribution in [1.29, 1.82) is 0 Å². The molecular weight excluding hydrogens is 443 g/mol. The van der Waals surface area contributed by atoms with Gasteiger partial charge in [0.2, 0.25) is 0 Å². The van der Waals surface area contributed by atoms with E-state index in [4.69, 9.17) is 16.1 Å². The molecule has 0 rings (SSSR count). The van der Waals surface area contributed by atoms with E-state index in [-0.39, 0.29) is 18.2 Å². The van der Waals surface area contributed by atoms with Crippen molar-refractivity contribution in [3.63, 3.8) is 0 Å². The third-order valence-electron chi connectivity index (χ3n) is 5.61. The third kappa shape index (κ3) is 24.6. The van der Waals surface area contributed by atoms with Gasteiger partial charge in [-0.2, -0.15) is 0 Å². The summed E-state index contributed by atoms with van der Waals surface area (Å²) in [6.07, 6.45) is 22.7. The van der Waals surface area contributed by atoms with Crippen LogP contribution in [0.3, 0.4) is 0 Å². The maximum atomic E-state index is 12.0. The van der Waals surface area contributed by atoms with Crippen LogP contribution >= 0.6 is 0 Å². The summed E-state index contributed by atoms with van der Waals surface area (Å²) >= 11 is -2.31. The molecule has 0 saturated carbocycles. The molecule has 0 bridgehead atoms. The monoisotopic (exact) mass is 498 g/mol. The normalized spacial score (nSPS) is 11.9. The zero-order valence-electron chi connectivity index (χ0n) is 23.4. The van der Waals surface area contributed by atoms with Crippen LogP contribution in [0.15, 0.2) is 11.8 Å². The lowest BCUT2D eigenvalue weighted by molar-refractivity contribution is -0.138. The Morgan fingerprint density at radius 3 is 1.44 bits per heavy atom. The molecule has 0 aromatic rings. The van der Waals surface area contributed by atoms with Gasteiger partial charge in [-0.25, -0.2) is 4.79 Å². The first kappa shape index (κ1) is 33.5. The molecule has 0 atom stereocenters. The Balaban J connectivity index is 3.60. The van der Waals surface area contributed by atoms with Gasteiger partial charge in [-0.05, 0) is 41.0 Å². The Morgan fingerprint density at radius 2 is 1.06 bits per heavy atom. The summed E-state index contributed by atoms with van der Waals surface area (Å²) in [5, 5.41) is 0. The van der Waals surface area contributed by atoms with E-state index in [0.29, 0.717) is 12.4 Å². The van der Waals surface area contributed by atoms with Gasteiger partial charge in [-0.3, -0.25) is 0 Å². The zero-order valence-corrected chi connectivity index (χ0v) is 24.5. The number of hydrogen-bond acceptors (Lipinski definition) is 5. The van der Waals surface area contributed by atoms with Crippen molar-refractivity contribution in [2.75, 3.05) is 6.61 Å². The molecule has 200 valence electrons. The summed E-state index contributed by atoms with van der Waals surface area (Å²) in [5.41, 5.74) is 0. The zero-order chi connectivity index (χ0) is 25.4. The summed E-state index contributed by atoms with van der Waals surface area (Å²) < 4.78 is 22.5. The maximum Gasteiger partial charge on any atom is 1.00 e. The van der Waals surface area contributed by atoms with Crippen molar-refractivity contribution in [1.82, 2.24) is 0 Å². The molecule has 0 N–H and O–H groups in total. The predicted molar refractivity (Wildman–Crippen MR) is 144 cm³/mol. The standard InChI is InChI=1S/C22H42O3.2C3H7O.Al/c1-3-4-5-6-7-8-9-10-11-12-13-14-15-16-17-18-19-25-22(24)20-21(2)23;2*1-3(2)4;/h20,23H,3-19H2,1-2H3;2*3H,1-2H3;/q;2*-1;+3/p-1/b21-20-;;;. The van der Waals surface area contributed by atoms with Gasteiger partial charge in [0.1, 0.15) is 0 Å². The Labute approximate surface area is 216 Å². The molecule has 34 heavy (non-hydrogen) atoms. The number of unbranched alkanes of at least 4 members (excludes halogenated alkanes) is 15. The topological polar surface area (TPSA) is 54.0 Å². The molecule has 0 saturated heterocycles. The third-order valence-corrected chi connectivity index (χ3v) is 7.71. The number of carbonyl (C=O) groups excluding carboxylic acids is 1. The van der Waals surface area contributed by atoms with Crippen LogP contribution in [0, 0.1) is 0 Å². The van der Waals surface area contributed by atoms with Gasteiger partial charge in [0.05, 0.1) is 18.4 Å². The first-order valence-corrected chi connectivity index (χ1v) is 15.6. The van der Waals surface area contributed by atoms with Gasteiger partial charge < -0.3 is 16.1 Å². The Kier molecular flexibility index (Phi) is 23.8. The minimum absolute atomic E-state index is 0.0186. The Morgan fingerprint density at radius 1 is 0.676 bits per heavy atom. The fraction of sp³-hybridized carbons (Fsp3) is 0.893. The van der Waals surface area contributed by atoms with Gasteiger partial charge >= 0.3 is 21.1 Å². The molecule has 0 aliphatic carbocycles. The highest BCUT2D eigenvalue weighted by molar-refractivity contribution is 6.36. The van der Waals surface area contributed by atoms with Crippen molar-refractivity contribution < 1.29 is 20.9 Å². The van der Waals surface area contributed by atoms with Gasteiger partial charge in [0.25, 0.3) is 0 Å². The summed E-state index contributed by atoms with van der Waals surface area (Å²) in [6.45, 7) is 12.3. The number of rotatable bonds is 24. The smallest absolute Gasteiger partial charge is 0.602 e. The molecule has 0 aliphatic rings. The number of esters is 1. The first-order chi connectivity index (χ1) is 16.3. The second-order valence-electron chi connectivity index (χ2n) is 10.0. The SMILES string of the molecule is CCCCCCCCCCCCCCCCCCOC(=O)/C=C(/C)[O][Al]([O]C(C)C)[O]C(C)C. The highest BCUT2D eigenvalue weighted by atomic mass is 27.3. The minimum Gasteiger partial charge on any atom is -0.602 e. The van der Waals surface area contributed by atoms with Crippen LogP contribution in [0.1, 0.15) is 144 Å².